The summed E-state index contributed by atoms with van der Waals surface area (Å²) in [6, 6.07) is 10.2. The first kappa shape index (κ1) is 12.1. The van der Waals surface area contributed by atoms with Crippen molar-refractivity contribution >= 4 is 0 Å². The van der Waals surface area contributed by atoms with Crippen molar-refractivity contribution in [2.75, 3.05) is 26.4 Å². The molecule has 0 heterocycles. The quantitative estimate of drug-likeness (QED) is 0.665. The summed E-state index contributed by atoms with van der Waals surface area (Å²) in [4.78, 5) is 0. The van der Waals surface area contributed by atoms with Crippen LogP contribution in [-0.4, -0.2) is 26.4 Å². The summed E-state index contributed by atoms with van der Waals surface area (Å²) in [6.45, 7) is 2.24. The Morgan fingerprint density at radius 2 is 1.93 bits per heavy atom. The van der Waals surface area contributed by atoms with Crippen LogP contribution in [0.1, 0.15) is 12.0 Å². The molecule has 0 aliphatic carbocycles. The highest BCUT2D eigenvalue weighted by Gasteiger charge is 1.91. The fourth-order valence-electron chi connectivity index (χ4n) is 1.28. The topological polar surface area (TPSA) is 21.3 Å². The summed E-state index contributed by atoms with van der Waals surface area (Å²) in [7, 11) is 0. The lowest BCUT2D eigenvalue weighted by Gasteiger charge is -2.04. The Bertz CT molecular complexity index is 241. The summed E-state index contributed by atoms with van der Waals surface area (Å²) in [5, 5.41) is 3.30. The normalized spacial score (nSPS) is 10.5. The van der Waals surface area contributed by atoms with Crippen LogP contribution >= 0.6 is 0 Å². The van der Waals surface area contributed by atoms with Crippen molar-refractivity contribution in [3.05, 3.63) is 35.9 Å². The second kappa shape index (κ2) is 8.38. The van der Waals surface area contributed by atoms with Gasteiger partial charge < -0.3 is 10.1 Å². The van der Waals surface area contributed by atoms with Gasteiger partial charge in [0.15, 0.2) is 0 Å². The van der Waals surface area contributed by atoms with Crippen molar-refractivity contribution in [3.8, 4) is 0 Å². The number of nitrogens with one attached hydrogen (secondary N) is 1. The van der Waals surface area contributed by atoms with Crippen molar-refractivity contribution in [2.45, 2.75) is 13.0 Å². The molecule has 0 amide bonds. The standard InChI is InChI=1S/C12H18FNO/c13-7-10-15-9-4-8-14-11-12-5-2-1-3-6-12/h1-3,5-6,14H,4,7-11H2. The van der Waals surface area contributed by atoms with Gasteiger partial charge in [0.2, 0.25) is 0 Å². The van der Waals surface area contributed by atoms with Crippen molar-refractivity contribution in [2.24, 2.45) is 0 Å². The highest BCUT2D eigenvalue weighted by molar-refractivity contribution is 5.14. The molecule has 15 heavy (non-hydrogen) atoms. The molecule has 0 bridgehead atoms. The first-order chi connectivity index (χ1) is 7.43. The molecule has 2 nitrogen and oxygen atoms in total. The van der Waals surface area contributed by atoms with Gasteiger partial charge in [-0.2, -0.15) is 0 Å². The first-order valence-electron chi connectivity index (χ1n) is 5.32. The molecule has 84 valence electrons. The summed E-state index contributed by atoms with van der Waals surface area (Å²) >= 11 is 0. The van der Waals surface area contributed by atoms with Crippen LogP contribution in [-0.2, 0) is 11.3 Å². The Morgan fingerprint density at radius 1 is 1.13 bits per heavy atom. The largest absolute Gasteiger partial charge is 0.379 e. The molecule has 0 radical (unpaired) electrons. The zero-order chi connectivity index (χ0) is 10.8. The average molecular weight is 211 g/mol. The van der Waals surface area contributed by atoms with E-state index < -0.39 is 6.67 Å². The van der Waals surface area contributed by atoms with E-state index in [2.05, 4.69) is 17.4 Å². The fraction of sp³-hybridized carbons (Fsp3) is 0.500. The number of benzene rings is 1. The van der Waals surface area contributed by atoms with Crippen LogP contribution in [0.15, 0.2) is 30.3 Å². The van der Waals surface area contributed by atoms with E-state index in [4.69, 9.17) is 4.74 Å². The SMILES string of the molecule is FCCOCCCNCc1ccccc1. The van der Waals surface area contributed by atoms with Gasteiger partial charge in [-0.25, -0.2) is 4.39 Å². The van der Waals surface area contributed by atoms with Gasteiger partial charge in [-0.3, -0.25) is 0 Å². The highest BCUT2D eigenvalue weighted by Crippen LogP contribution is 1.96. The molecule has 1 aromatic carbocycles. The van der Waals surface area contributed by atoms with Crippen molar-refractivity contribution in [1.82, 2.24) is 5.32 Å². The molecule has 0 spiro atoms. The summed E-state index contributed by atoms with van der Waals surface area (Å²) < 4.78 is 16.7. The number of alkyl halides is 1. The van der Waals surface area contributed by atoms with Crippen LogP contribution in [0.3, 0.4) is 0 Å². The molecule has 0 saturated heterocycles. The van der Waals surface area contributed by atoms with E-state index in [1.165, 1.54) is 5.56 Å². The molecule has 3 heteroatoms. The Morgan fingerprint density at radius 3 is 2.67 bits per heavy atom. The van der Waals surface area contributed by atoms with Crippen LogP contribution in [0.4, 0.5) is 4.39 Å². The molecule has 0 aromatic heterocycles. The van der Waals surface area contributed by atoms with Gasteiger partial charge in [-0.1, -0.05) is 30.3 Å². The second-order valence-electron chi connectivity index (χ2n) is 3.32. The molecule has 0 unspecified atom stereocenters. The third kappa shape index (κ3) is 6.20. The Kier molecular flexibility index (Phi) is 6.79. The molecule has 0 aliphatic rings. The fourth-order valence-corrected chi connectivity index (χ4v) is 1.28. The molecular weight excluding hydrogens is 193 g/mol. The second-order valence-corrected chi connectivity index (χ2v) is 3.32. The average Bonchev–Trinajstić information content (AvgIpc) is 2.29. The molecule has 0 aliphatic heterocycles. The van der Waals surface area contributed by atoms with E-state index in [9.17, 15) is 4.39 Å². The van der Waals surface area contributed by atoms with Crippen LogP contribution in [0.5, 0.6) is 0 Å². The molecule has 1 aromatic rings. The lowest BCUT2D eigenvalue weighted by molar-refractivity contribution is 0.117. The lowest BCUT2D eigenvalue weighted by Crippen LogP contribution is -2.16. The van der Waals surface area contributed by atoms with Crippen LogP contribution < -0.4 is 5.32 Å². The van der Waals surface area contributed by atoms with Gasteiger partial charge in [-0.15, -0.1) is 0 Å². The first-order valence-corrected chi connectivity index (χ1v) is 5.32. The monoisotopic (exact) mass is 211 g/mol. The van der Waals surface area contributed by atoms with E-state index in [1.54, 1.807) is 0 Å². The van der Waals surface area contributed by atoms with E-state index in [0.29, 0.717) is 6.61 Å². The zero-order valence-electron chi connectivity index (χ0n) is 8.92. The number of hydrogen-bond acceptors (Lipinski definition) is 2. The highest BCUT2D eigenvalue weighted by atomic mass is 19.1. The summed E-state index contributed by atoms with van der Waals surface area (Å²) in [6.07, 6.45) is 0.923. The van der Waals surface area contributed by atoms with Crippen LogP contribution in [0.25, 0.3) is 0 Å². The van der Waals surface area contributed by atoms with Gasteiger partial charge in [0.1, 0.15) is 6.67 Å². The Balaban J connectivity index is 1.93. The van der Waals surface area contributed by atoms with E-state index in [-0.39, 0.29) is 6.61 Å². The minimum absolute atomic E-state index is 0.221. The maximum atomic E-state index is 11.6. The lowest BCUT2D eigenvalue weighted by atomic mass is 10.2. The number of halogens is 1. The van der Waals surface area contributed by atoms with E-state index in [1.807, 2.05) is 18.2 Å². The van der Waals surface area contributed by atoms with Gasteiger partial charge in [0.05, 0.1) is 6.61 Å². The van der Waals surface area contributed by atoms with Gasteiger partial charge >= 0.3 is 0 Å². The molecule has 1 rings (SSSR count). The number of ether oxygens (including phenoxy) is 1. The number of rotatable bonds is 8. The van der Waals surface area contributed by atoms with Crippen molar-refractivity contribution in [3.63, 3.8) is 0 Å². The zero-order valence-corrected chi connectivity index (χ0v) is 8.92. The Labute approximate surface area is 90.4 Å². The predicted octanol–water partition coefficient (Wildman–Crippen LogP) is 2.15. The molecular formula is C12H18FNO. The Hall–Kier alpha value is -0.930. The molecule has 0 fully saturated rings. The van der Waals surface area contributed by atoms with Crippen LogP contribution in [0, 0.1) is 0 Å². The van der Waals surface area contributed by atoms with E-state index in [0.717, 1.165) is 19.5 Å². The maximum Gasteiger partial charge on any atom is 0.113 e. The van der Waals surface area contributed by atoms with E-state index >= 15 is 0 Å². The van der Waals surface area contributed by atoms with Crippen molar-refractivity contribution < 1.29 is 9.13 Å². The van der Waals surface area contributed by atoms with Crippen molar-refractivity contribution in [1.29, 1.82) is 0 Å². The minimum Gasteiger partial charge on any atom is -0.379 e. The predicted molar refractivity (Wildman–Crippen MR) is 59.6 cm³/mol. The minimum atomic E-state index is -0.391. The third-order valence-electron chi connectivity index (χ3n) is 2.04. The summed E-state index contributed by atoms with van der Waals surface area (Å²) in [5.41, 5.74) is 1.28. The van der Waals surface area contributed by atoms with Gasteiger partial charge in [-0.05, 0) is 18.5 Å². The van der Waals surface area contributed by atoms with Gasteiger partial charge in [0.25, 0.3) is 0 Å². The third-order valence-corrected chi connectivity index (χ3v) is 2.04. The molecule has 0 saturated carbocycles. The summed E-state index contributed by atoms with van der Waals surface area (Å²) in [5.74, 6) is 0. The van der Waals surface area contributed by atoms with Gasteiger partial charge in [0, 0.05) is 13.2 Å². The number of hydrogen-bond donors (Lipinski definition) is 1. The smallest absolute Gasteiger partial charge is 0.113 e. The van der Waals surface area contributed by atoms with Crippen LogP contribution in [0.2, 0.25) is 0 Å². The maximum absolute atomic E-state index is 11.6. The molecule has 0 atom stereocenters. The molecule has 1 N–H and O–H groups in total.